The summed E-state index contributed by atoms with van der Waals surface area (Å²) in [6, 6.07) is 0.652. The fourth-order valence-corrected chi connectivity index (χ4v) is 5.08. The Morgan fingerprint density at radius 1 is 1.15 bits per heavy atom. The van der Waals surface area contributed by atoms with Crippen molar-refractivity contribution in [1.82, 2.24) is 5.32 Å². The van der Waals surface area contributed by atoms with Crippen molar-refractivity contribution in [3.05, 3.63) is 0 Å². The lowest BCUT2D eigenvalue weighted by Crippen LogP contribution is -2.66. The van der Waals surface area contributed by atoms with E-state index in [9.17, 15) is 5.11 Å². The Kier molecular flexibility index (Phi) is 4.13. The lowest BCUT2D eigenvalue weighted by atomic mass is 9.47. The average Bonchev–Trinajstić information content (AvgIpc) is 2.48. The quantitative estimate of drug-likeness (QED) is 0.832. The van der Waals surface area contributed by atoms with E-state index in [-0.39, 0.29) is 5.41 Å². The fourth-order valence-electron chi connectivity index (χ4n) is 5.08. The summed E-state index contributed by atoms with van der Waals surface area (Å²) < 4.78 is 5.46. The van der Waals surface area contributed by atoms with Crippen LogP contribution in [0.25, 0.3) is 0 Å². The van der Waals surface area contributed by atoms with Crippen molar-refractivity contribution in [3.8, 4) is 0 Å². The van der Waals surface area contributed by atoms with Crippen molar-refractivity contribution >= 4 is 0 Å². The molecule has 1 unspecified atom stereocenters. The van der Waals surface area contributed by atoms with Gasteiger partial charge in [0.1, 0.15) is 0 Å². The van der Waals surface area contributed by atoms with E-state index in [2.05, 4.69) is 19.2 Å². The van der Waals surface area contributed by atoms with E-state index >= 15 is 0 Å². The molecule has 0 aromatic heterocycles. The monoisotopic (exact) mass is 281 g/mol. The molecule has 0 aromatic rings. The number of hydrogen-bond acceptors (Lipinski definition) is 3. The third kappa shape index (κ3) is 2.42. The van der Waals surface area contributed by atoms with Crippen molar-refractivity contribution in [3.63, 3.8) is 0 Å². The van der Waals surface area contributed by atoms with Crippen LogP contribution in [0.4, 0.5) is 0 Å². The molecule has 116 valence electrons. The second-order valence-corrected chi connectivity index (χ2v) is 8.01. The summed E-state index contributed by atoms with van der Waals surface area (Å²) in [4.78, 5) is 0. The summed E-state index contributed by atoms with van der Waals surface area (Å²) in [5, 5.41) is 13.7. The number of ether oxygens (including phenoxy) is 1. The molecular weight excluding hydrogens is 250 g/mol. The molecule has 1 heterocycles. The Morgan fingerprint density at radius 2 is 1.85 bits per heavy atom. The lowest BCUT2D eigenvalue weighted by Gasteiger charge is -2.62. The van der Waals surface area contributed by atoms with Crippen LogP contribution in [0.15, 0.2) is 0 Å². The summed E-state index contributed by atoms with van der Waals surface area (Å²) >= 11 is 0. The number of rotatable bonds is 4. The van der Waals surface area contributed by atoms with Gasteiger partial charge in [-0.15, -0.1) is 0 Å². The average molecular weight is 281 g/mol. The van der Waals surface area contributed by atoms with Gasteiger partial charge in [0.15, 0.2) is 0 Å². The van der Waals surface area contributed by atoms with Crippen LogP contribution in [-0.2, 0) is 4.74 Å². The zero-order chi connectivity index (χ0) is 14.2. The van der Waals surface area contributed by atoms with E-state index in [1.807, 2.05) is 0 Å². The molecule has 3 fully saturated rings. The molecule has 1 aliphatic heterocycles. The molecule has 3 atom stereocenters. The van der Waals surface area contributed by atoms with Crippen molar-refractivity contribution < 1.29 is 9.84 Å². The number of aliphatic hydroxyl groups is 1. The molecule has 2 aliphatic carbocycles. The standard InChI is InChI=1S/C17H31NO2/c1-16(2)14-6-4-3-5-13(14)15(16)18-11-17(12-19)7-9-20-10-8-17/h13-15,18-19H,3-12H2,1-2H3/t13-,14+,15?/m1/s1. The molecular formula is C17H31NO2. The smallest absolute Gasteiger partial charge is 0.0501 e. The molecule has 3 heteroatoms. The Labute approximate surface area is 123 Å². The maximum Gasteiger partial charge on any atom is 0.0501 e. The van der Waals surface area contributed by atoms with Crippen LogP contribution in [-0.4, -0.2) is 37.5 Å². The molecule has 2 N–H and O–H groups in total. The van der Waals surface area contributed by atoms with Crippen LogP contribution in [0.1, 0.15) is 52.4 Å². The van der Waals surface area contributed by atoms with Gasteiger partial charge < -0.3 is 15.2 Å². The largest absolute Gasteiger partial charge is 0.396 e. The molecule has 1 saturated heterocycles. The van der Waals surface area contributed by atoms with Crippen LogP contribution in [0.5, 0.6) is 0 Å². The van der Waals surface area contributed by atoms with Gasteiger partial charge in [-0.05, 0) is 42.9 Å². The highest BCUT2D eigenvalue weighted by molar-refractivity contribution is 5.09. The van der Waals surface area contributed by atoms with Gasteiger partial charge in [0.25, 0.3) is 0 Å². The normalized spacial score (nSPS) is 38.9. The minimum atomic E-state index is 0.0636. The van der Waals surface area contributed by atoms with Gasteiger partial charge >= 0.3 is 0 Å². The van der Waals surface area contributed by atoms with Crippen LogP contribution < -0.4 is 5.32 Å². The molecule has 0 spiro atoms. The Bertz CT molecular complexity index is 336. The SMILES string of the molecule is CC1(C)C(NCC2(CO)CCOCC2)[C@@H]2CCCC[C@@H]21. The Balaban J connectivity index is 1.60. The maximum atomic E-state index is 9.81. The van der Waals surface area contributed by atoms with Crippen molar-refractivity contribution in [2.75, 3.05) is 26.4 Å². The van der Waals surface area contributed by atoms with Crippen LogP contribution in [0, 0.1) is 22.7 Å². The van der Waals surface area contributed by atoms with Gasteiger partial charge in [-0.3, -0.25) is 0 Å². The summed E-state index contributed by atoms with van der Waals surface area (Å²) in [6.45, 7) is 7.75. The number of hydrogen-bond donors (Lipinski definition) is 2. The third-order valence-electron chi connectivity index (χ3n) is 6.59. The van der Waals surface area contributed by atoms with Crippen molar-refractivity contribution in [2.24, 2.45) is 22.7 Å². The van der Waals surface area contributed by atoms with Gasteiger partial charge in [-0.1, -0.05) is 26.7 Å². The Morgan fingerprint density at radius 3 is 2.55 bits per heavy atom. The van der Waals surface area contributed by atoms with E-state index in [4.69, 9.17) is 4.74 Å². The van der Waals surface area contributed by atoms with E-state index in [0.29, 0.717) is 18.1 Å². The predicted octanol–water partition coefficient (Wildman–Crippen LogP) is 2.58. The molecule has 0 aromatic carbocycles. The summed E-state index contributed by atoms with van der Waals surface area (Å²) in [6.07, 6.45) is 7.66. The fraction of sp³-hybridized carbons (Fsp3) is 1.00. The highest BCUT2D eigenvalue weighted by atomic mass is 16.5. The first-order valence-corrected chi connectivity index (χ1v) is 8.51. The topological polar surface area (TPSA) is 41.5 Å². The highest BCUT2D eigenvalue weighted by Gasteiger charge is 2.56. The molecule has 0 amide bonds. The lowest BCUT2D eigenvalue weighted by molar-refractivity contribution is -0.0972. The number of nitrogens with one attached hydrogen (secondary N) is 1. The van der Waals surface area contributed by atoms with Gasteiger partial charge in [0.05, 0.1) is 6.61 Å². The van der Waals surface area contributed by atoms with Crippen molar-refractivity contribution in [1.29, 1.82) is 0 Å². The van der Waals surface area contributed by atoms with Crippen LogP contribution in [0.3, 0.4) is 0 Å². The molecule has 3 nitrogen and oxygen atoms in total. The molecule has 3 aliphatic rings. The third-order valence-corrected chi connectivity index (χ3v) is 6.59. The van der Waals surface area contributed by atoms with Crippen LogP contribution >= 0.6 is 0 Å². The zero-order valence-corrected chi connectivity index (χ0v) is 13.2. The molecule has 20 heavy (non-hydrogen) atoms. The van der Waals surface area contributed by atoms with E-state index in [0.717, 1.165) is 44.4 Å². The van der Waals surface area contributed by atoms with Crippen LogP contribution in [0.2, 0.25) is 0 Å². The molecule has 2 saturated carbocycles. The first-order valence-electron chi connectivity index (χ1n) is 8.51. The maximum absolute atomic E-state index is 9.81. The van der Waals surface area contributed by atoms with E-state index < -0.39 is 0 Å². The van der Waals surface area contributed by atoms with E-state index in [1.165, 1.54) is 25.7 Å². The first-order chi connectivity index (χ1) is 9.59. The summed E-state index contributed by atoms with van der Waals surface area (Å²) in [7, 11) is 0. The van der Waals surface area contributed by atoms with Gasteiger partial charge in [-0.2, -0.15) is 0 Å². The second kappa shape index (κ2) is 5.58. The number of aliphatic hydroxyl groups excluding tert-OH is 1. The van der Waals surface area contributed by atoms with Crippen molar-refractivity contribution in [2.45, 2.75) is 58.4 Å². The molecule has 3 rings (SSSR count). The summed E-state index contributed by atoms with van der Waals surface area (Å²) in [5.41, 5.74) is 0.501. The highest BCUT2D eigenvalue weighted by Crippen LogP contribution is 2.57. The van der Waals surface area contributed by atoms with E-state index in [1.54, 1.807) is 0 Å². The van der Waals surface area contributed by atoms with Gasteiger partial charge in [-0.25, -0.2) is 0 Å². The first kappa shape index (κ1) is 14.8. The zero-order valence-electron chi connectivity index (χ0n) is 13.2. The minimum absolute atomic E-state index is 0.0636. The van der Waals surface area contributed by atoms with Gasteiger partial charge in [0, 0.05) is 31.2 Å². The number of fused-ring (bicyclic) bond motifs is 1. The molecule has 0 radical (unpaired) electrons. The van der Waals surface area contributed by atoms with Gasteiger partial charge in [0.2, 0.25) is 0 Å². The second-order valence-electron chi connectivity index (χ2n) is 8.01. The predicted molar refractivity (Wildman–Crippen MR) is 80.6 cm³/mol. The molecule has 0 bridgehead atoms. The Hall–Kier alpha value is -0.120. The minimum Gasteiger partial charge on any atom is -0.396 e. The summed E-state index contributed by atoms with van der Waals surface area (Å²) in [5.74, 6) is 1.81.